The average molecular weight is 535 g/mol. The van der Waals surface area contributed by atoms with E-state index in [4.69, 9.17) is 0 Å². The molecule has 0 radical (unpaired) electrons. The Morgan fingerprint density at radius 2 is 1.51 bits per heavy atom. The van der Waals surface area contributed by atoms with Gasteiger partial charge in [-0.25, -0.2) is 8.78 Å². The lowest BCUT2D eigenvalue weighted by Gasteiger charge is -2.38. The number of piperidine rings is 1. The Morgan fingerprint density at radius 3 is 2.21 bits per heavy atom. The maximum Gasteiger partial charge on any atom is 0.270 e. The number of amides is 2. The molecule has 1 saturated carbocycles. The number of benzene rings is 2. The quantitative estimate of drug-likeness (QED) is 0.444. The van der Waals surface area contributed by atoms with Crippen molar-refractivity contribution in [3.63, 3.8) is 0 Å². The SMILES string of the molecule is Cc1cccc(-n2c(C(=O)N3CCC(F)(F)CC3)cc3cc(C(=O)N4CCN(C5CCCC5)CC4)ccc32)c1. The third-order valence-corrected chi connectivity index (χ3v) is 8.75. The van der Waals surface area contributed by atoms with Gasteiger partial charge in [0.25, 0.3) is 17.7 Å². The molecule has 0 spiro atoms. The van der Waals surface area contributed by atoms with Crippen LogP contribution in [-0.2, 0) is 0 Å². The standard InChI is InChI=1S/C31H36F2N4O2/c1-22-5-4-8-26(19-22)37-27-10-9-23(29(38)36-17-15-34(16-18-36)25-6-2-3-7-25)20-24(27)21-28(37)30(39)35-13-11-31(32,33)12-14-35/h4-5,8-10,19-21,25H,2-3,6-7,11-18H2,1H3. The zero-order valence-corrected chi connectivity index (χ0v) is 22.5. The molecule has 0 bridgehead atoms. The van der Waals surface area contributed by atoms with Crippen LogP contribution < -0.4 is 0 Å². The normalized spacial score (nSPS) is 20.6. The number of rotatable bonds is 4. The molecule has 0 N–H and O–H groups in total. The minimum atomic E-state index is -2.72. The molecule has 39 heavy (non-hydrogen) atoms. The molecule has 0 atom stereocenters. The Morgan fingerprint density at radius 1 is 0.821 bits per heavy atom. The van der Waals surface area contributed by atoms with Gasteiger partial charge < -0.3 is 14.4 Å². The topological polar surface area (TPSA) is 48.8 Å². The number of carbonyl (C=O) groups is 2. The van der Waals surface area contributed by atoms with Crippen LogP contribution in [0.3, 0.4) is 0 Å². The van der Waals surface area contributed by atoms with Crippen LogP contribution >= 0.6 is 0 Å². The Labute approximate surface area is 228 Å². The summed E-state index contributed by atoms with van der Waals surface area (Å²) in [5, 5.41) is 0.789. The lowest BCUT2D eigenvalue weighted by Crippen LogP contribution is -2.51. The van der Waals surface area contributed by atoms with E-state index in [0.717, 1.165) is 48.3 Å². The van der Waals surface area contributed by atoms with E-state index in [1.54, 1.807) is 0 Å². The Hall–Kier alpha value is -3.26. The number of alkyl halides is 2. The Bertz CT molecular complexity index is 1380. The fourth-order valence-electron chi connectivity index (χ4n) is 6.49. The van der Waals surface area contributed by atoms with Crippen molar-refractivity contribution >= 4 is 22.7 Å². The first-order chi connectivity index (χ1) is 18.8. The van der Waals surface area contributed by atoms with Crippen LogP contribution in [0.1, 0.15) is 64.9 Å². The number of likely N-dealkylation sites (tertiary alicyclic amines) is 1. The zero-order chi connectivity index (χ0) is 27.1. The summed E-state index contributed by atoms with van der Waals surface area (Å²) in [4.78, 5) is 33.1. The summed E-state index contributed by atoms with van der Waals surface area (Å²) in [6.07, 6.45) is 4.50. The van der Waals surface area contributed by atoms with E-state index in [-0.39, 0.29) is 37.7 Å². The second kappa shape index (κ2) is 10.4. The molecule has 8 heteroatoms. The van der Waals surface area contributed by atoms with E-state index in [9.17, 15) is 18.4 Å². The van der Waals surface area contributed by atoms with E-state index in [1.165, 1.54) is 30.6 Å². The summed E-state index contributed by atoms with van der Waals surface area (Å²) in [6.45, 7) is 5.32. The molecule has 2 amide bonds. The van der Waals surface area contributed by atoms with E-state index >= 15 is 0 Å². The molecule has 2 aliphatic heterocycles. The molecule has 6 rings (SSSR count). The second-order valence-corrected chi connectivity index (χ2v) is 11.4. The highest BCUT2D eigenvalue weighted by atomic mass is 19.3. The number of hydrogen-bond acceptors (Lipinski definition) is 3. The van der Waals surface area contributed by atoms with Crippen LogP contribution in [0, 0.1) is 6.92 Å². The summed E-state index contributed by atoms with van der Waals surface area (Å²) in [6, 6.07) is 16.0. The number of piperazine rings is 1. The Kier molecular flexibility index (Phi) is 6.91. The lowest BCUT2D eigenvalue weighted by molar-refractivity contribution is -0.0495. The van der Waals surface area contributed by atoms with E-state index in [0.29, 0.717) is 17.3 Å². The molecule has 0 unspecified atom stereocenters. The number of nitrogens with zero attached hydrogens (tertiary/aromatic N) is 4. The van der Waals surface area contributed by atoms with Gasteiger partial charge in [0.2, 0.25) is 0 Å². The summed E-state index contributed by atoms with van der Waals surface area (Å²) in [7, 11) is 0. The summed E-state index contributed by atoms with van der Waals surface area (Å²) >= 11 is 0. The van der Waals surface area contributed by atoms with Crippen LogP contribution in [0.4, 0.5) is 8.78 Å². The highest BCUT2D eigenvalue weighted by Crippen LogP contribution is 2.32. The largest absolute Gasteiger partial charge is 0.337 e. The third-order valence-electron chi connectivity index (χ3n) is 8.75. The van der Waals surface area contributed by atoms with Gasteiger partial charge in [-0.2, -0.15) is 0 Å². The molecule has 1 aromatic heterocycles. The van der Waals surface area contributed by atoms with Crippen molar-refractivity contribution in [3.05, 3.63) is 65.4 Å². The number of aryl methyl sites for hydroxylation is 1. The van der Waals surface area contributed by atoms with Gasteiger partial charge >= 0.3 is 0 Å². The van der Waals surface area contributed by atoms with Gasteiger partial charge in [-0.3, -0.25) is 14.5 Å². The number of aromatic nitrogens is 1. The predicted molar refractivity (Wildman–Crippen MR) is 148 cm³/mol. The molecule has 3 aliphatic rings. The Balaban J connectivity index is 1.29. The van der Waals surface area contributed by atoms with E-state index in [2.05, 4.69) is 4.90 Å². The number of halogens is 2. The number of hydrogen-bond donors (Lipinski definition) is 0. The van der Waals surface area contributed by atoms with Gasteiger partial charge in [-0.1, -0.05) is 25.0 Å². The first-order valence-electron chi connectivity index (χ1n) is 14.2. The van der Waals surface area contributed by atoms with Crippen LogP contribution in [0.5, 0.6) is 0 Å². The fourth-order valence-corrected chi connectivity index (χ4v) is 6.49. The molecule has 2 saturated heterocycles. The molecule has 1 aliphatic carbocycles. The molecule has 2 aromatic carbocycles. The highest BCUT2D eigenvalue weighted by Gasteiger charge is 2.37. The van der Waals surface area contributed by atoms with Crippen molar-refractivity contribution in [2.75, 3.05) is 39.3 Å². The summed E-state index contributed by atoms with van der Waals surface area (Å²) in [5.41, 5.74) is 3.73. The zero-order valence-electron chi connectivity index (χ0n) is 22.5. The molecule has 6 nitrogen and oxygen atoms in total. The van der Waals surface area contributed by atoms with Gasteiger partial charge in [-0.15, -0.1) is 0 Å². The first-order valence-corrected chi connectivity index (χ1v) is 14.2. The van der Waals surface area contributed by atoms with Crippen molar-refractivity contribution in [3.8, 4) is 5.69 Å². The number of carbonyl (C=O) groups excluding carboxylic acids is 2. The van der Waals surface area contributed by atoms with Crippen molar-refractivity contribution < 1.29 is 18.4 Å². The van der Waals surface area contributed by atoms with Crippen molar-refractivity contribution in [1.82, 2.24) is 19.3 Å². The van der Waals surface area contributed by atoms with E-state index in [1.807, 2.05) is 64.9 Å². The van der Waals surface area contributed by atoms with Crippen molar-refractivity contribution in [2.45, 2.75) is 57.4 Å². The van der Waals surface area contributed by atoms with Gasteiger partial charge in [0, 0.05) is 74.8 Å². The van der Waals surface area contributed by atoms with Crippen LogP contribution in [0.2, 0.25) is 0 Å². The van der Waals surface area contributed by atoms with Gasteiger partial charge in [-0.05, 0) is 61.7 Å². The van der Waals surface area contributed by atoms with Gasteiger partial charge in [0.1, 0.15) is 5.69 Å². The molecular formula is C31H36F2N4O2. The third kappa shape index (κ3) is 5.19. The highest BCUT2D eigenvalue weighted by molar-refractivity contribution is 6.03. The van der Waals surface area contributed by atoms with Crippen LogP contribution in [0.25, 0.3) is 16.6 Å². The maximum absolute atomic E-state index is 13.8. The van der Waals surface area contributed by atoms with Crippen LogP contribution in [0.15, 0.2) is 48.5 Å². The van der Waals surface area contributed by atoms with E-state index < -0.39 is 5.92 Å². The molecule has 3 aromatic rings. The summed E-state index contributed by atoms with van der Waals surface area (Å²) < 4.78 is 29.5. The molecule has 206 valence electrons. The summed E-state index contributed by atoms with van der Waals surface area (Å²) in [5.74, 6) is -2.98. The van der Waals surface area contributed by atoms with Crippen molar-refractivity contribution in [1.29, 1.82) is 0 Å². The fraction of sp³-hybridized carbons (Fsp3) is 0.484. The maximum atomic E-state index is 13.8. The lowest BCUT2D eigenvalue weighted by atomic mass is 10.1. The van der Waals surface area contributed by atoms with Crippen LogP contribution in [-0.4, -0.2) is 82.3 Å². The molecule has 3 heterocycles. The number of fused-ring (bicyclic) bond motifs is 1. The first kappa shape index (κ1) is 26.0. The van der Waals surface area contributed by atoms with Gasteiger partial charge in [0.15, 0.2) is 0 Å². The van der Waals surface area contributed by atoms with Gasteiger partial charge in [0.05, 0.1) is 5.52 Å². The molecular weight excluding hydrogens is 498 g/mol. The predicted octanol–water partition coefficient (Wildman–Crippen LogP) is 5.51. The van der Waals surface area contributed by atoms with Crippen molar-refractivity contribution in [2.24, 2.45) is 0 Å². The monoisotopic (exact) mass is 534 g/mol. The second-order valence-electron chi connectivity index (χ2n) is 11.4. The minimum absolute atomic E-state index is 0.0115. The minimum Gasteiger partial charge on any atom is -0.337 e. The smallest absolute Gasteiger partial charge is 0.270 e. The molecule has 3 fully saturated rings. The average Bonchev–Trinajstić information content (AvgIpc) is 3.61.